The zero-order valence-electron chi connectivity index (χ0n) is 27.5. The third-order valence-corrected chi connectivity index (χ3v) is 7.93. The average Bonchev–Trinajstić information content (AvgIpc) is 3.50. The Morgan fingerprint density at radius 1 is 0.688 bits per heavy atom. The number of nitrogens with zero attached hydrogens (tertiary/aromatic N) is 1. The van der Waals surface area contributed by atoms with Crippen molar-refractivity contribution in [2.75, 3.05) is 28.4 Å². The number of nitrogens with one attached hydrogen (secondary N) is 1. The minimum absolute atomic E-state index is 0.0499. The van der Waals surface area contributed by atoms with E-state index in [-0.39, 0.29) is 5.69 Å². The first-order valence-electron chi connectivity index (χ1n) is 14.9. The van der Waals surface area contributed by atoms with Crippen molar-refractivity contribution in [1.82, 2.24) is 4.98 Å². The summed E-state index contributed by atoms with van der Waals surface area (Å²) in [6.45, 7) is 4.00. The topological polar surface area (TPSA) is 116 Å². The number of ether oxygens (including phenoxy) is 3. The van der Waals surface area contributed by atoms with Crippen LogP contribution < -0.4 is 19.7 Å². The van der Waals surface area contributed by atoms with Crippen LogP contribution in [0.4, 0.5) is 5.69 Å². The van der Waals surface area contributed by atoms with Crippen LogP contribution in [0.15, 0.2) is 112 Å². The molecule has 0 aliphatic heterocycles. The molecule has 250 valence electrons. The van der Waals surface area contributed by atoms with Gasteiger partial charge in [-0.15, -0.1) is 0 Å². The summed E-state index contributed by atoms with van der Waals surface area (Å²) in [5, 5.41) is 22.8. The summed E-state index contributed by atoms with van der Waals surface area (Å²) < 4.78 is 22.2. The molecular weight excluding hydrogens is 743 g/mol. The molecule has 0 bridgehead atoms. The highest BCUT2D eigenvalue weighted by molar-refractivity contribution is 9.10. The molecule has 0 spiro atoms. The maximum atomic E-state index is 11.1. The molecule has 0 amide bonds. The van der Waals surface area contributed by atoms with Crippen molar-refractivity contribution < 1.29 is 28.8 Å². The Morgan fingerprint density at radius 3 is 1.92 bits per heavy atom. The van der Waals surface area contributed by atoms with Crippen molar-refractivity contribution in [3.05, 3.63) is 122 Å². The van der Waals surface area contributed by atoms with Crippen molar-refractivity contribution >= 4 is 71.9 Å². The maximum absolute atomic E-state index is 11.1. The van der Waals surface area contributed by atoms with E-state index in [1.165, 1.54) is 18.6 Å². The van der Waals surface area contributed by atoms with Crippen molar-refractivity contribution in [3.8, 4) is 28.4 Å². The van der Waals surface area contributed by atoms with Gasteiger partial charge in [0.05, 0.1) is 37.3 Å². The fourth-order valence-electron chi connectivity index (χ4n) is 4.81. The van der Waals surface area contributed by atoms with Gasteiger partial charge in [-0.3, -0.25) is 10.1 Å². The monoisotopic (exact) mass is 778 g/mol. The van der Waals surface area contributed by atoms with Crippen LogP contribution in [0, 0.1) is 10.1 Å². The van der Waals surface area contributed by atoms with Crippen LogP contribution in [0.1, 0.15) is 13.8 Å². The van der Waals surface area contributed by atoms with Gasteiger partial charge in [-0.1, -0.05) is 94.2 Å². The van der Waals surface area contributed by atoms with Crippen molar-refractivity contribution in [2.45, 2.75) is 13.8 Å². The maximum Gasteiger partial charge on any atom is 0.494 e. The predicted molar refractivity (Wildman–Crippen MR) is 202 cm³/mol. The van der Waals surface area contributed by atoms with Gasteiger partial charge in [0.2, 0.25) is 0 Å². The molecule has 0 aliphatic rings. The van der Waals surface area contributed by atoms with E-state index in [0.29, 0.717) is 32.6 Å². The summed E-state index contributed by atoms with van der Waals surface area (Å²) in [4.78, 5) is 14.1. The summed E-state index contributed by atoms with van der Waals surface area (Å²) in [5.41, 5.74) is 4.16. The lowest BCUT2D eigenvalue weighted by Gasteiger charge is -2.08. The van der Waals surface area contributed by atoms with E-state index in [2.05, 4.69) is 55.0 Å². The fourth-order valence-corrected chi connectivity index (χ4v) is 5.52. The van der Waals surface area contributed by atoms with E-state index < -0.39 is 12.0 Å². The first-order chi connectivity index (χ1) is 23.2. The second kappa shape index (κ2) is 18.8. The average molecular weight is 780 g/mol. The number of halogens is 2. The zero-order valence-corrected chi connectivity index (χ0v) is 30.7. The molecule has 0 aliphatic carbocycles. The number of nitro benzene ring substituents is 1. The number of aromatic amines is 1. The molecule has 0 saturated heterocycles. The van der Waals surface area contributed by atoms with Gasteiger partial charge < -0.3 is 28.9 Å². The fraction of sp³-hybridized carbons (Fsp3) is 0.167. The summed E-state index contributed by atoms with van der Waals surface area (Å²) in [6, 6.07) is 31.6. The summed E-state index contributed by atoms with van der Waals surface area (Å²) in [6.07, 6.45) is 0. The van der Waals surface area contributed by atoms with E-state index in [9.17, 15) is 15.1 Å². The number of nitro groups is 1. The molecule has 5 aromatic carbocycles. The number of H-pyrrole nitrogens is 1. The number of hydrogen-bond donors (Lipinski definition) is 2. The van der Waals surface area contributed by atoms with Crippen LogP contribution in [0.3, 0.4) is 0 Å². The second-order valence-corrected chi connectivity index (χ2v) is 11.5. The van der Waals surface area contributed by atoms with Crippen molar-refractivity contribution in [1.29, 1.82) is 0 Å². The number of hydrogen-bond acceptors (Lipinski definition) is 7. The highest BCUT2D eigenvalue weighted by Crippen LogP contribution is 2.37. The third-order valence-electron chi connectivity index (χ3n) is 6.95. The second-order valence-electron chi connectivity index (χ2n) is 9.65. The first-order valence-corrected chi connectivity index (χ1v) is 16.5. The standard InChI is InChI=1S/C13H10BrNO3.C13H10BrNO.C8H11BO3.C2H6/c1-18-13-5-3-2-4-11(13)10-7-6-9(14)8-12(10)15(16)17;1-16-12-4-2-3-10-13(12)9-6-5-8(14)7-11(9)15-10;1-11-8-6-4-3-5-7(8)9(10)12-2;1-2/h2-8H,1H3;2-7,15H,1H3;3-6,10H,1-2H3;1-2H3. The molecular formula is C36H37BBr2N2O7. The van der Waals surface area contributed by atoms with Crippen LogP contribution in [0.2, 0.25) is 0 Å². The van der Waals surface area contributed by atoms with Gasteiger partial charge in [0.15, 0.2) is 0 Å². The molecule has 1 aromatic heterocycles. The number of aromatic nitrogens is 1. The molecule has 0 radical (unpaired) electrons. The lowest BCUT2D eigenvalue weighted by molar-refractivity contribution is -0.384. The Labute approximate surface area is 297 Å². The normalized spacial score (nSPS) is 10.0. The minimum Gasteiger partial charge on any atom is -0.497 e. The molecule has 9 nitrogen and oxygen atoms in total. The first kappa shape index (κ1) is 38.1. The Hall–Kier alpha value is -4.36. The van der Waals surface area contributed by atoms with E-state index in [1.54, 1.807) is 57.7 Å². The van der Waals surface area contributed by atoms with Crippen LogP contribution in [0.5, 0.6) is 17.2 Å². The lowest BCUT2D eigenvalue weighted by Crippen LogP contribution is -2.33. The summed E-state index contributed by atoms with van der Waals surface area (Å²) in [5.74, 6) is 2.15. The van der Waals surface area contributed by atoms with Gasteiger partial charge in [-0.05, 0) is 48.5 Å². The van der Waals surface area contributed by atoms with Gasteiger partial charge >= 0.3 is 7.12 Å². The number of para-hydroxylation sites is 2. The van der Waals surface area contributed by atoms with E-state index in [4.69, 9.17) is 18.9 Å². The predicted octanol–water partition coefficient (Wildman–Crippen LogP) is 9.18. The SMILES string of the molecule is CC.COB(O)c1ccccc1OC.COc1cccc2[nH]c3cc(Br)ccc3c12.COc1ccccc1-c1ccc(Br)cc1[N+](=O)[O-]. The number of fused-ring (bicyclic) bond motifs is 3. The lowest BCUT2D eigenvalue weighted by atomic mass is 9.79. The Morgan fingerprint density at radius 2 is 1.27 bits per heavy atom. The molecule has 0 fully saturated rings. The Kier molecular flexibility index (Phi) is 15.0. The van der Waals surface area contributed by atoms with Gasteiger partial charge in [-0.2, -0.15) is 0 Å². The molecule has 2 N–H and O–H groups in total. The minimum atomic E-state index is -0.916. The quantitative estimate of drug-likeness (QED) is 0.0944. The molecule has 0 unspecified atom stereocenters. The molecule has 6 rings (SSSR count). The highest BCUT2D eigenvalue weighted by Gasteiger charge is 2.19. The van der Waals surface area contributed by atoms with E-state index >= 15 is 0 Å². The molecule has 0 atom stereocenters. The number of methoxy groups -OCH3 is 3. The Bertz CT molecular complexity index is 1950. The molecule has 0 saturated carbocycles. The highest BCUT2D eigenvalue weighted by atomic mass is 79.9. The van der Waals surface area contributed by atoms with Crippen LogP contribution in [0.25, 0.3) is 32.9 Å². The third kappa shape index (κ3) is 9.38. The van der Waals surface area contributed by atoms with Crippen molar-refractivity contribution in [3.63, 3.8) is 0 Å². The number of benzene rings is 5. The largest absolute Gasteiger partial charge is 0.497 e. The molecule has 48 heavy (non-hydrogen) atoms. The molecule has 1 heterocycles. The van der Waals surface area contributed by atoms with Gasteiger partial charge in [0.1, 0.15) is 17.2 Å². The van der Waals surface area contributed by atoms with Crippen LogP contribution in [-0.2, 0) is 4.65 Å². The molecule has 12 heteroatoms. The smallest absolute Gasteiger partial charge is 0.494 e. The van der Waals surface area contributed by atoms with E-state index in [1.807, 2.05) is 56.3 Å². The van der Waals surface area contributed by atoms with Crippen LogP contribution >= 0.6 is 31.9 Å². The van der Waals surface area contributed by atoms with Gasteiger partial charge in [-0.25, -0.2) is 0 Å². The zero-order chi connectivity index (χ0) is 35.2. The van der Waals surface area contributed by atoms with Crippen LogP contribution in [-0.4, -0.2) is 50.5 Å². The van der Waals surface area contributed by atoms with E-state index in [0.717, 1.165) is 26.6 Å². The molecule has 6 aromatic rings. The summed E-state index contributed by atoms with van der Waals surface area (Å²) in [7, 11) is 5.33. The van der Waals surface area contributed by atoms with Gasteiger partial charge in [0, 0.05) is 49.4 Å². The Balaban J connectivity index is 0.000000194. The number of rotatable bonds is 7. The van der Waals surface area contributed by atoms with Crippen molar-refractivity contribution in [2.24, 2.45) is 0 Å². The summed E-state index contributed by atoms with van der Waals surface area (Å²) >= 11 is 6.71. The van der Waals surface area contributed by atoms with Gasteiger partial charge in [0.25, 0.3) is 5.69 Å².